The van der Waals surface area contributed by atoms with E-state index in [1.54, 1.807) is 0 Å². The third-order valence-corrected chi connectivity index (χ3v) is 2.72. The molecule has 1 unspecified atom stereocenters. The zero-order valence-corrected chi connectivity index (χ0v) is 10.3. The largest absolute Gasteiger partial charge is 0.457 e. The monoisotopic (exact) mass is 243 g/mol. The molecule has 3 nitrogen and oxygen atoms in total. The molecule has 0 aliphatic rings. The van der Waals surface area contributed by atoms with Crippen LogP contribution < -0.4 is 10.5 Å². The van der Waals surface area contributed by atoms with Crippen LogP contribution >= 0.6 is 0 Å². The zero-order valence-electron chi connectivity index (χ0n) is 10.3. The summed E-state index contributed by atoms with van der Waals surface area (Å²) in [5.74, 6) is 1.46. The molecule has 0 amide bonds. The molecular weight excluding hydrogens is 226 g/mol. The summed E-state index contributed by atoms with van der Waals surface area (Å²) in [6.45, 7) is 1.93. The molecule has 18 heavy (non-hydrogen) atoms. The van der Waals surface area contributed by atoms with Crippen LogP contribution in [0.2, 0.25) is 0 Å². The van der Waals surface area contributed by atoms with Gasteiger partial charge in [-0.2, -0.15) is 0 Å². The maximum Gasteiger partial charge on any atom is 0.132 e. The molecule has 2 aromatic rings. The minimum atomic E-state index is -0.0813. The molecule has 0 bridgehead atoms. The van der Waals surface area contributed by atoms with Crippen LogP contribution in [0.1, 0.15) is 24.1 Å². The summed E-state index contributed by atoms with van der Waals surface area (Å²) in [6, 6.07) is 15.0. The van der Waals surface area contributed by atoms with Crippen LogP contribution in [0.5, 0.6) is 11.5 Å². The third-order valence-electron chi connectivity index (χ3n) is 2.72. The number of benzene rings is 2. The van der Waals surface area contributed by atoms with Crippen LogP contribution in [0.25, 0.3) is 0 Å². The number of rotatable bonds is 4. The van der Waals surface area contributed by atoms with Crippen molar-refractivity contribution in [3.05, 3.63) is 59.7 Å². The molecule has 0 spiro atoms. The second kappa shape index (κ2) is 5.67. The van der Waals surface area contributed by atoms with Gasteiger partial charge in [0.15, 0.2) is 0 Å². The number of nitrogens with two attached hydrogens (primary N) is 1. The summed E-state index contributed by atoms with van der Waals surface area (Å²) < 4.78 is 5.82. The lowest BCUT2D eigenvalue weighted by atomic mass is 10.1. The van der Waals surface area contributed by atoms with Crippen molar-refractivity contribution in [3.8, 4) is 11.5 Å². The highest BCUT2D eigenvalue weighted by Gasteiger charge is 2.08. The Kier molecular flexibility index (Phi) is 3.97. The Morgan fingerprint density at radius 1 is 1.17 bits per heavy atom. The fourth-order valence-electron chi connectivity index (χ4n) is 1.78. The minimum Gasteiger partial charge on any atom is -0.457 e. The van der Waals surface area contributed by atoms with Gasteiger partial charge in [-0.1, -0.05) is 30.3 Å². The molecule has 0 heterocycles. The number of aliphatic hydroxyl groups excluding tert-OH is 1. The predicted molar refractivity (Wildman–Crippen MR) is 71.5 cm³/mol. The minimum absolute atomic E-state index is 0.00609. The van der Waals surface area contributed by atoms with Gasteiger partial charge in [-0.3, -0.25) is 0 Å². The number of ether oxygens (including phenoxy) is 1. The van der Waals surface area contributed by atoms with E-state index in [1.165, 1.54) is 0 Å². The molecular formula is C15H17NO2. The average Bonchev–Trinajstić information content (AvgIpc) is 2.39. The molecule has 0 saturated heterocycles. The van der Waals surface area contributed by atoms with E-state index in [2.05, 4.69) is 0 Å². The van der Waals surface area contributed by atoms with Gasteiger partial charge in [-0.05, 0) is 30.7 Å². The number of hydrogen-bond donors (Lipinski definition) is 2. The molecule has 0 fully saturated rings. The van der Waals surface area contributed by atoms with Crippen molar-refractivity contribution in [1.82, 2.24) is 0 Å². The van der Waals surface area contributed by atoms with Gasteiger partial charge in [0.2, 0.25) is 0 Å². The maximum atomic E-state index is 9.10. The van der Waals surface area contributed by atoms with Crippen molar-refractivity contribution >= 4 is 0 Å². The van der Waals surface area contributed by atoms with Gasteiger partial charge < -0.3 is 15.6 Å². The Bertz CT molecular complexity index is 523. The fraction of sp³-hybridized carbons (Fsp3) is 0.200. The van der Waals surface area contributed by atoms with Crippen LogP contribution in [0.4, 0.5) is 0 Å². The molecule has 0 aliphatic carbocycles. The van der Waals surface area contributed by atoms with E-state index in [-0.39, 0.29) is 12.6 Å². The fourth-order valence-corrected chi connectivity index (χ4v) is 1.78. The molecule has 3 heteroatoms. The summed E-state index contributed by atoms with van der Waals surface area (Å²) in [7, 11) is 0. The van der Waals surface area contributed by atoms with E-state index in [0.29, 0.717) is 5.75 Å². The van der Waals surface area contributed by atoms with Gasteiger partial charge in [-0.15, -0.1) is 0 Å². The molecule has 94 valence electrons. The van der Waals surface area contributed by atoms with E-state index < -0.39 is 0 Å². The average molecular weight is 243 g/mol. The molecule has 2 rings (SSSR count). The molecule has 0 aliphatic heterocycles. The number of para-hydroxylation sites is 1. The van der Waals surface area contributed by atoms with Gasteiger partial charge in [0, 0.05) is 11.6 Å². The van der Waals surface area contributed by atoms with E-state index in [1.807, 2.05) is 55.5 Å². The lowest BCUT2D eigenvalue weighted by Gasteiger charge is -2.13. The van der Waals surface area contributed by atoms with Gasteiger partial charge in [0.05, 0.1) is 6.61 Å². The van der Waals surface area contributed by atoms with Gasteiger partial charge in [0.1, 0.15) is 11.5 Å². The van der Waals surface area contributed by atoms with Crippen LogP contribution in [0.3, 0.4) is 0 Å². The van der Waals surface area contributed by atoms with Crippen molar-refractivity contribution in [2.45, 2.75) is 19.6 Å². The highest BCUT2D eigenvalue weighted by atomic mass is 16.5. The van der Waals surface area contributed by atoms with Gasteiger partial charge >= 0.3 is 0 Å². The van der Waals surface area contributed by atoms with Crippen molar-refractivity contribution in [2.24, 2.45) is 5.73 Å². The first-order chi connectivity index (χ1) is 8.70. The Morgan fingerprint density at radius 2 is 1.94 bits per heavy atom. The Balaban J connectivity index is 2.28. The first-order valence-electron chi connectivity index (χ1n) is 5.93. The first-order valence-corrected chi connectivity index (χ1v) is 5.93. The third kappa shape index (κ3) is 2.88. The van der Waals surface area contributed by atoms with E-state index in [9.17, 15) is 0 Å². The second-order valence-corrected chi connectivity index (χ2v) is 4.23. The van der Waals surface area contributed by atoms with Crippen LogP contribution in [0.15, 0.2) is 48.5 Å². The topological polar surface area (TPSA) is 55.5 Å². The van der Waals surface area contributed by atoms with Crippen LogP contribution in [0, 0.1) is 0 Å². The van der Waals surface area contributed by atoms with Crippen LogP contribution in [-0.2, 0) is 6.61 Å². The summed E-state index contributed by atoms with van der Waals surface area (Å²) in [4.78, 5) is 0. The molecule has 0 saturated carbocycles. The summed E-state index contributed by atoms with van der Waals surface area (Å²) in [6.07, 6.45) is 0. The smallest absolute Gasteiger partial charge is 0.132 e. The van der Waals surface area contributed by atoms with E-state index in [4.69, 9.17) is 15.6 Å². The predicted octanol–water partition coefficient (Wildman–Crippen LogP) is 2.99. The molecule has 0 radical (unpaired) electrons. The van der Waals surface area contributed by atoms with Crippen molar-refractivity contribution in [2.75, 3.05) is 0 Å². The highest BCUT2D eigenvalue weighted by Crippen LogP contribution is 2.28. The van der Waals surface area contributed by atoms with Gasteiger partial charge in [-0.25, -0.2) is 0 Å². The molecule has 3 N–H and O–H groups in total. The number of hydrogen-bond acceptors (Lipinski definition) is 3. The lowest BCUT2D eigenvalue weighted by molar-refractivity contribution is 0.281. The summed E-state index contributed by atoms with van der Waals surface area (Å²) >= 11 is 0. The SMILES string of the molecule is CC(N)c1ccccc1Oc1cccc(CO)c1. The second-order valence-electron chi connectivity index (χ2n) is 4.23. The normalized spacial score (nSPS) is 12.2. The van der Waals surface area contributed by atoms with Crippen LogP contribution in [-0.4, -0.2) is 5.11 Å². The maximum absolute atomic E-state index is 9.10. The van der Waals surface area contributed by atoms with Crippen molar-refractivity contribution in [1.29, 1.82) is 0 Å². The van der Waals surface area contributed by atoms with Crippen molar-refractivity contribution < 1.29 is 9.84 Å². The quantitative estimate of drug-likeness (QED) is 0.868. The Labute approximate surface area is 107 Å². The van der Waals surface area contributed by atoms with Crippen molar-refractivity contribution in [3.63, 3.8) is 0 Å². The summed E-state index contributed by atoms with van der Waals surface area (Å²) in [5, 5.41) is 9.10. The first kappa shape index (κ1) is 12.6. The number of aliphatic hydroxyl groups is 1. The molecule has 1 atom stereocenters. The Morgan fingerprint density at radius 3 is 2.67 bits per heavy atom. The summed E-state index contributed by atoms with van der Waals surface area (Å²) in [5.41, 5.74) is 7.69. The Hall–Kier alpha value is -1.84. The zero-order chi connectivity index (χ0) is 13.0. The molecule has 2 aromatic carbocycles. The van der Waals surface area contributed by atoms with E-state index in [0.717, 1.165) is 16.9 Å². The van der Waals surface area contributed by atoms with Gasteiger partial charge in [0.25, 0.3) is 0 Å². The molecule has 0 aromatic heterocycles. The van der Waals surface area contributed by atoms with E-state index >= 15 is 0 Å². The lowest BCUT2D eigenvalue weighted by Crippen LogP contribution is -2.06. The standard InChI is InChI=1S/C15H17NO2/c1-11(16)14-7-2-3-8-15(14)18-13-6-4-5-12(9-13)10-17/h2-9,11,17H,10,16H2,1H3. The highest BCUT2D eigenvalue weighted by molar-refractivity contribution is 5.40.